The van der Waals surface area contributed by atoms with Crippen LogP contribution in [-0.4, -0.2) is 36.6 Å². The fourth-order valence-electron chi connectivity index (χ4n) is 1.58. The fourth-order valence-corrected chi connectivity index (χ4v) is 2.14. The zero-order chi connectivity index (χ0) is 10.5. The second-order valence-corrected chi connectivity index (χ2v) is 4.42. The van der Waals surface area contributed by atoms with Crippen LogP contribution in [0.1, 0.15) is 22.6 Å². The molecule has 82 valence electrons. The fraction of sp³-hybridized carbons (Fsp3) is 0.600. The van der Waals surface area contributed by atoms with Gasteiger partial charge in [0.25, 0.3) is 0 Å². The molecule has 5 heteroatoms. The van der Waals surface area contributed by atoms with Crippen molar-refractivity contribution >= 4 is 17.1 Å². The smallest absolute Gasteiger partial charge is 0.216 e. The van der Waals surface area contributed by atoms with Gasteiger partial charge >= 0.3 is 0 Å². The minimum absolute atomic E-state index is 0.0106. The van der Waals surface area contributed by atoms with Crippen molar-refractivity contribution in [3.8, 4) is 0 Å². The van der Waals surface area contributed by atoms with Crippen LogP contribution >= 0.6 is 11.3 Å². The number of rotatable bonds is 4. The maximum absolute atomic E-state index is 11.6. The molecule has 15 heavy (non-hydrogen) atoms. The van der Waals surface area contributed by atoms with Gasteiger partial charge < -0.3 is 10.1 Å². The lowest BCUT2D eigenvalue weighted by molar-refractivity contribution is 0.0317. The van der Waals surface area contributed by atoms with Crippen LogP contribution in [0.4, 0.5) is 0 Å². The van der Waals surface area contributed by atoms with E-state index in [1.165, 1.54) is 11.3 Å². The Bertz CT molecular complexity index is 307. The summed E-state index contributed by atoms with van der Waals surface area (Å²) in [7, 11) is 0. The zero-order valence-corrected chi connectivity index (χ0v) is 9.26. The number of ketones is 1. The molecule has 2 heterocycles. The number of Topliss-reactive ketones (excluding diaryl/α,β-unsaturated/α-hetero) is 1. The third-order valence-electron chi connectivity index (χ3n) is 2.41. The van der Waals surface area contributed by atoms with Gasteiger partial charge in [0.05, 0.1) is 6.10 Å². The maximum atomic E-state index is 11.6. The Morgan fingerprint density at radius 1 is 1.60 bits per heavy atom. The van der Waals surface area contributed by atoms with Crippen molar-refractivity contribution in [1.82, 2.24) is 10.3 Å². The Labute approximate surface area is 92.7 Å². The number of nitrogens with zero attached hydrogens (tertiary/aromatic N) is 1. The molecule has 0 saturated carbocycles. The molecule has 1 aliphatic rings. The molecule has 2 rings (SSSR count). The van der Waals surface area contributed by atoms with Crippen molar-refractivity contribution in [3.05, 3.63) is 16.6 Å². The molecule has 1 N–H and O–H groups in total. The highest BCUT2D eigenvalue weighted by Gasteiger charge is 2.16. The lowest BCUT2D eigenvalue weighted by Crippen LogP contribution is -2.33. The molecular formula is C10H14N2O2S. The summed E-state index contributed by atoms with van der Waals surface area (Å²) < 4.78 is 5.55. The molecule has 0 spiro atoms. The number of hydrogen-bond donors (Lipinski definition) is 1. The number of thiazole rings is 1. The van der Waals surface area contributed by atoms with Crippen LogP contribution in [0.2, 0.25) is 0 Å². The summed E-state index contributed by atoms with van der Waals surface area (Å²) >= 11 is 1.36. The number of carbonyl (C=O) groups excluding carboxylic acids is 1. The zero-order valence-electron chi connectivity index (χ0n) is 8.44. The Hall–Kier alpha value is -0.780. The topological polar surface area (TPSA) is 51.2 Å². The quantitative estimate of drug-likeness (QED) is 0.781. The number of ether oxygens (including phenoxy) is 1. The van der Waals surface area contributed by atoms with Crippen LogP contribution in [0.25, 0.3) is 0 Å². The second-order valence-electron chi connectivity index (χ2n) is 3.52. The molecule has 0 aromatic carbocycles. The summed E-state index contributed by atoms with van der Waals surface area (Å²) in [6.45, 7) is 2.13. The van der Waals surface area contributed by atoms with E-state index in [0.717, 1.165) is 25.9 Å². The standard InChI is InChI=1S/C10H14N2O2S/c13-9(10-12-5-6-15-10)7-14-8-1-3-11-4-2-8/h5-6,8,11H,1-4,7H2. The van der Waals surface area contributed by atoms with Crippen molar-refractivity contribution in [1.29, 1.82) is 0 Å². The van der Waals surface area contributed by atoms with E-state index >= 15 is 0 Å². The molecule has 1 saturated heterocycles. The van der Waals surface area contributed by atoms with Crippen LogP contribution in [-0.2, 0) is 4.74 Å². The highest BCUT2D eigenvalue weighted by atomic mass is 32.1. The minimum atomic E-state index is -0.0106. The molecular weight excluding hydrogens is 212 g/mol. The first kappa shape index (κ1) is 10.7. The molecule has 1 aromatic rings. The van der Waals surface area contributed by atoms with Crippen molar-refractivity contribution in [3.63, 3.8) is 0 Å². The first-order valence-corrected chi connectivity index (χ1v) is 5.99. The van der Waals surface area contributed by atoms with Gasteiger partial charge in [0.2, 0.25) is 5.78 Å². The Morgan fingerprint density at radius 2 is 2.40 bits per heavy atom. The highest BCUT2D eigenvalue weighted by molar-refractivity contribution is 7.11. The predicted octanol–water partition coefficient (Wildman–Crippen LogP) is 1.09. The average molecular weight is 226 g/mol. The molecule has 0 aliphatic carbocycles. The summed E-state index contributed by atoms with van der Waals surface area (Å²) in [5, 5.41) is 5.60. The van der Waals surface area contributed by atoms with Gasteiger partial charge in [0, 0.05) is 11.6 Å². The largest absolute Gasteiger partial charge is 0.370 e. The van der Waals surface area contributed by atoms with E-state index in [0.29, 0.717) is 5.01 Å². The van der Waals surface area contributed by atoms with Crippen LogP contribution < -0.4 is 5.32 Å². The van der Waals surface area contributed by atoms with E-state index in [1.54, 1.807) is 11.6 Å². The first-order chi connectivity index (χ1) is 7.36. The van der Waals surface area contributed by atoms with Crippen molar-refractivity contribution < 1.29 is 9.53 Å². The number of nitrogens with one attached hydrogen (secondary N) is 1. The van der Waals surface area contributed by atoms with Crippen LogP contribution in [0.3, 0.4) is 0 Å². The normalized spacial score (nSPS) is 17.9. The molecule has 1 fully saturated rings. The third-order valence-corrected chi connectivity index (χ3v) is 3.22. The molecule has 0 bridgehead atoms. The highest BCUT2D eigenvalue weighted by Crippen LogP contribution is 2.10. The van der Waals surface area contributed by atoms with Gasteiger partial charge in [0.15, 0.2) is 5.01 Å². The Balaban J connectivity index is 1.75. The summed E-state index contributed by atoms with van der Waals surface area (Å²) in [6, 6.07) is 0. The molecule has 0 radical (unpaired) electrons. The molecule has 0 atom stereocenters. The predicted molar refractivity (Wildman–Crippen MR) is 58.3 cm³/mol. The van der Waals surface area contributed by atoms with E-state index in [4.69, 9.17) is 4.74 Å². The van der Waals surface area contributed by atoms with E-state index in [-0.39, 0.29) is 18.5 Å². The molecule has 1 aromatic heterocycles. The Morgan fingerprint density at radius 3 is 3.07 bits per heavy atom. The third kappa shape index (κ3) is 3.09. The summed E-state index contributed by atoms with van der Waals surface area (Å²) in [6.07, 6.45) is 3.86. The monoisotopic (exact) mass is 226 g/mol. The van der Waals surface area contributed by atoms with Gasteiger partial charge in [-0.2, -0.15) is 0 Å². The van der Waals surface area contributed by atoms with Crippen molar-refractivity contribution in [2.24, 2.45) is 0 Å². The van der Waals surface area contributed by atoms with Crippen molar-refractivity contribution in [2.45, 2.75) is 18.9 Å². The molecule has 0 amide bonds. The van der Waals surface area contributed by atoms with Gasteiger partial charge in [-0.05, 0) is 25.9 Å². The molecule has 0 unspecified atom stereocenters. The van der Waals surface area contributed by atoms with Crippen molar-refractivity contribution in [2.75, 3.05) is 19.7 Å². The number of aromatic nitrogens is 1. The van der Waals surface area contributed by atoms with Gasteiger partial charge in [-0.25, -0.2) is 4.98 Å². The molecule has 1 aliphatic heterocycles. The second kappa shape index (κ2) is 5.34. The van der Waals surface area contributed by atoms with E-state index in [2.05, 4.69) is 10.3 Å². The number of piperidine rings is 1. The number of hydrogen-bond acceptors (Lipinski definition) is 5. The summed E-state index contributed by atoms with van der Waals surface area (Å²) in [5.74, 6) is -0.0106. The van der Waals surface area contributed by atoms with Crippen LogP contribution in [0.15, 0.2) is 11.6 Å². The van der Waals surface area contributed by atoms with E-state index in [9.17, 15) is 4.79 Å². The van der Waals surface area contributed by atoms with Gasteiger partial charge in [-0.15, -0.1) is 11.3 Å². The van der Waals surface area contributed by atoms with E-state index < -0.39 is 0 Å². The summed E-state index contributed by atoms with van der Waals surface area (Å²) in [5.41, 5.74) is 0. The van der Waals surface area contributed by atoms with Crippen LogP contribution in [0.5, 0.6) is 0 Å². The number of carbonyl (C=O) groups is 1. The Kier molecular flexibility index (Phi) is 3.82. The minimum Gasteiger partial charge on any atom is -0.370 e. The first-order valence-electron chi connectivity index (χ1n) is 5.11. The van der Waals surface area contributed by atoms with Gasteiger partial charge in [-0.3, -0.25) is 4.79 Å². The molecule has 4 nitrogen and oxygen atoms in total. The summed E-state index contributed by atoms with van der Waals surface area (Å²) in [4.78, 5) is 15.5. The lowest BCUT2D eigenvalue weighted by atomic mass is 10.1. The SMILES string of the molecule is O=C(COC1CCNCC1)c1nccs1. The van der Waals surface area contributed by atoms with Gasteiger partial charge in [0.1, 0.15) is 6.61 Å². The van der Waals surface area contributed by atoms with E-state index in [1.807, 2.05) is 0 Å². The lowest BCUT2D eigenvalue weighted by Gasteiger charge is -2.22. The maximum Gasteiger partial charge on any atom is 0.216 e. The van der Waals surface area contributed by atoms with Crippen LogP contribution in [0, 0.1) is 0 Å². The van der Waals surface area contributed by atoms with Gasteiger partial charge in [-0.1, -0.05) is 0 Å². The average Bonchev–Trinajstić information content (AvgIpc) is 2.81.